The zero-order chi connectivity index (χ0) is 26.4. The molecule has 3 nitrogen and oxygen atoms in total. The second kappa shape index (κ2) is 9.53. The van der Waals surface area contributed by atoms with Crippen LogP contribution >= 0.6 is 0 Å². The summed E-state index contributed by atoms with van der Waals surface area (Å²) in [7, 11) is 4.40. The van der Waals surface area contributed by atoms with E-state index in [2.05, 4.69) is 158 Å². The molecular weight excluding hydrogens is 461 g/mol. The monoisotopic (exact) mass is 494 g/mol. The van der Waals surface area contributed by atoms with Gasteiger partial charge in [-0.15, -0.1) is 0 Å². The number of aromatic nitrogens is 1. The molecule has 0 bridgehead atoms. The Balaban J connectivity index is 1.70. The molecule has 6 rings (SSSR count). The Bertz CT molecular complexity index is 1570. The van der Waals surface area contributed by atoms with Crippen molar-refractivity contribution >= 4 is 29.6 Å². The summed E-state index contributed by atoms with van der Waals surface area (Å²) in [6, 6.07) is 37.3. The Labute approximate surface area is 226 Å². The van der Waals surface area contributed by atoms with Crippen LogP contribution in [-0.4, -0.2) is 14.0 Å². The van der Waals surface area contributed by atoms with E-state index in [9.17, 15) is 0 Å². The van der Waals surface area contributed by atoms with Gasteiger partial charge in [-0.3, -0.25) is 4.81 Å². The van der Waals surface area contributed by atoms with Gasteiger partial charge in [-0.25, -0.2) is 4.57 Å². The number of anilines is 3. The Kier molecular flexibility index (Phi) is 6.04. The Hall–Kier alpha value is -4.31. The van der Waals surface area contributed by atoms with Crippen molar-refractivity contribution in [3.63, 3.8) is 0 Å². The third-order valence-electron chi connectivity index (χ3n) is 7.95. The lowest BCUT2D eigenvalue weighted by molar-refractivity contribution is -0.658. The SMILES string of the molecule is Cc1cc(N2B(c3c(-c4ccccc4)cccc3-c3ccccc3)N(C)c3cccc(C)c32)[n+](C)cc1C. The molecule has 5 aromatic rings. The molecule has 186 valence electrons. The zero-order valence-corrected chi connectivity index (χ0v) is 22.8. The molecule has 0 N–H and O–H groups in total. The predicted molar refractivity (Wildman–Crippen MR) is 162 cm³/mol. The van der Waals surface area contributed by atoms with Crippen LogP contribution in [0.1, 0.15) is 16.7 Å². The lowest BCUT2D eigenvalue weighted by atomic mass is 9.60. The Morgan fingerprint density at radius 2 is 1.21 bits per heavy atom. The number of pyridine rings is 1. The van der Waals surface area contributed by atoms with Gasteiger partial charge < -0.3 is 4.81 Å². The van der Waals surface area contributed by atoms with E-state index in [1.54, 1.807) is 0 Å². The summed E-state index contributed by atoms with van der Waals surface area (Å²) in [5, 5.41) is 0. The van der Waals surface area contributed by atoms with Crippen molar-refractivity contribution in [1.82, 2.24) is 0 Å². The second-order valence-corrected chi connectivity index (χ2v) is 10.4. The lowest BCUT2D eigenvalue weighted by Crippen LogP contribution is -2.57. The minimum atomic E-state index is -0.0361. The summed E-state index contributed by atoms with van der Waals surface area (Å²) in [6.45, 7) is 6.58. The minimum absolute atomic E-state index is 0.0361. The van der Waals surface area contributed by atoms with E-state index in [4.69, 9.17) is 0 Å². The number of nitrogens with zero attached hydrogens (tertiary/aromatic N) is 3. The fourth-order valence-corrected chi connectivity index (χ4v) is 5.92. The van der Waals surface area contributed by atoms with Crippen LogP contribution < -0.4 is 19.7 Å². The Morgan fingerprint density at radius 3 is 1.82 bits per heavy atom. The maximum Gasteiger partial charge on any atom is 0.538 e. The average Bonchev–Trinajstić information content (AvgIpc) is 3.24. The maximum atomic E-state index is 2.55. The van der Waals surface area contributed by atoms with Gasteiger partial charge in [-0.05, 0) is 72.8 Å². The van der Waals surface area contributed by atoms with Gasteiger partial charge >= 0.3 is 6.98 Å². The topological polar surface area (TPSA) is 10.4 Å². The predicted octanol–water partition coefficient (Wildman–Crippen LogP) is 6.75. The quantitative estimate of drug-likeness (QED) is 0.202. The van der Waals surface area contributed by atoms with E-state index in [-0.39, 0.29) is 6.98 Å². The summed E-state index contributed by atoms with van der Waals surface area (Å²) in [5.41, 5.74) is 12.6. The van der Waals surface area contributed by atoms with Gasteiger partial charge in [0.15, 0.2) is 0 Å². The van der Waals surface area contributed by atoms with Gasteiger partial charge in [0.25, 0.3) is 5.82 Å². The standard InChI is InChI=1S/C34H33BN3/c1-24-14-12-21-31-34(24)38(32-22-25(2)26(3)23-36(32)4)35(37(31)5)33-29(27-15-8-6-9-16-27)19-13-20-30(33)28-17-10-7-11-18-28/h6-23H,1-5H3/q+1. The summed E-state index contributed by atoms with van der Waals surface area (Å²) in [5.74, 6) is 1.18. The van der Waals surface area contributed by atoms with Crippen LogP contribution in [0.15, 0.2) is 109 Å². The molecule has 0 amide bonds. The fourth-order valence-electron chi connectivity index (χ4n) is 5.92. The third kappa shape index (κ3) is 3.88. The summed E-state index contributed by atoms with van der Waals surface area (Å²) in [6.07, 6.45) is 2.25. The van der Waals surface area contributed by atoms with Crippen molar-refractivity contribution < 1.29 is 4.57 Å². The molecule has 0 saturated heterocycles. The molecule has 38 heavy (non-hydrogen) atoms. The molecule has 1 aliphatic heterocycles. The van der Waals surface area contributed by atoms with Crippen molar-refractivity contribution in [2.24, 2.45) is 7.05 Å². The number of rotatable bonds is 4. The Morgan fingerprint density at radius 1 is 0.632 bits per heavy atom. The molecule has 0 radical (unpaired) electrons. The molecule has 0 atom stereocenters. The minimum Gasteiger partial charge on any atom is -0.369 e. The van der Waals surface area contributed by atoms with E-state index in [1.807, 2.05) is 0 Å². The summed E-state index contributed by atoms with van der Waals surface area (Å²) < 4.78 is 2.28. The van der Waals surface area contributed by atoms with E-state index in [1.165, 1.54) is 61.6 Å². The largest absolute Gasteiger partial charge is 0.538 e. The number of para-hydroxylation sites is 1. The molecule has 0 unspecified atom stereocenters. The van der Waals surface area contributed by atoms with Gasteiger partial charge in [0.2, 0.25) is 0 Å². The van der Waals surface area contributed by atoms with Crippen molar-refractivity contribution in [3.05, 3.63) is 126 Å². The molecule has 0 aliphatic carbocycles. The highest BCUT2D eigenvalue weighted by Crippen LogP contribution is 2.44. The van der Waals surface area contributed by atoms with E-state index in [0.29, 0.717) is 0 Å². The number of hydrogen-bond acceptors (Lipinski definition) is 2. The highest BCUT2D eigenvalue weighted by atomic mass is 15.3. The maximum absolute atomic E-state index is 2.55. The number of hydrogen-bond donors (Lipinski definition) is 0. The van der Waals surface area contributed by atoms with Crippen LogP contribution in [0.2, 0.25) is 0 Å². The normalized spacial score (nSPS) is 12.7. The van der Waals surface area contributed by atoms with Crippen LogP contribution in [-0.2, 0) is 7.05 Å². The molecule has 4 aromatic carbocycles. The highest BCUT2D eigenvalue weighted by molar-refractivity contribution is 6.85. The van der Waals surface area contributed by atoms with Gasteiger partial charge in [0, 0.05) is 11.5 Å². The van der Waals surface area contributed by atoms with Gasteiger partial charge in [-0.2, -0.15) is 0 Å². The van der Waals surface area contributed by atoms with Crippen LogP contribution in [0.3, 0.4) is 0 Å². The van der Waals surface area contributed by atoms with E-state index < -0.39 is 0 Å². The first-order valence-corrected chi connectivity index (χ1v) is 13.3. The van der Waals surface area contributed by atoms with Crippen molar-refractivity contribution in [1.29, 1.82) is 0 Å². The second-order valence-electron chi connectivity index (χ2n) is 10.4. The van der Waals surface area contributed by atoms with E-state index >= 15 is 0 Å². The highest BCUT2D eigenvalue weighted by Gasteiger charge is 2.51. The molecule has 1 aliphatic rings. The fraction of sp³-hybridized carbons (Fsp3) is 0.147. The van der Waals surface area contributed by atoms with Crippen LogP contribution in [0.5, 0.6) is 0 Å². The molecule has 0 fully saturated rings. The molecule has 2 heterocycles. The summed E-state index contributed by atoms with van der Waals surface area (Å²) >= 11 is 0. The summed E-state index contributed by atoms with van der Waals surface area (Å²) in [4.78, 5) is 5.00. The van der Waals surface area contributed by atoms with Crippen molar-refractivity contribution in [2.75, 3.05) is 16.7 Å². The molecule has 0 saturated carbocycles. The van der Waals surface area contributed by atoms with E-state index in [0.717, 1.165) is 0 Å². The zero-order valence-electron chi connectivity index (χ0n) is 22.8. The molecular formula is C34H33BN3+. The number of benzene rings is 4. The van der Waals surface area contributed by atoms with Crippen molar-refractivity contribution in [2.45, 2.75) is 20.8 Å². The third-order valence-corrected chi connectivity index (χ3v) is 7.95. The first kappa shape index (κ1) is 24.1. The van der Waals surface area contributed by atoms with Gasteiger partial charge in [0.05, 0.1) is 18.9 Å². The van der Waals surface area contributed by atoms with Crippen LogP contribution in [0.25, 0.3) is 22.3 Å². The first-order valence-electron chi connectivity index (χ1n) is 13.3. The van der Waals surface area contributed by atoms with Crippen LogP contribution in [0.4, 0.5) is 17.2 Å². The van der Waals surface area contributed by atoms with Gasteiger partial charge in [0.1, 0.15) is 5.69 Å². The molecule has 0 spiro atoms. The van der Waals surface area contributed by atoms with Crippen molar-refractivity contribution in [3.8, 4) is 22.3 Å². The number of fused-ring (bicyclic) bond motifs is 1. The molecule has 4 heteroatoms. The van der Waals surface area contributed by atoms with Gasteiger partial charge in [-0.1, -0.05) is 91.0 Å². The average molecular weight is 494 g/mol. The number of aryl methyl sites for hydroxylation is 4. The lowest BCUT2D eigenvalue weighted by Gasteiger charge is -2.26. The van der Waals surface area contributed by atoms with Crippen LogP contribution in [0, 0.1) is 20.8 Å². The smallest absolute Gasteiger partial charge is 0.369 e. The molecule has 1 aromatic heterocycles. The first-order chi connectivity index (χ1) is 18.5.